The number of aromatic amines is 1. The molecule has 2 rings (SSSR count). The third-order valence-electron chi connectivity index (χ3n) is 3.40. The van der Waals surface area contributed by atoms with Gasteiger partial charge in [0.15, 0.2) is 0 Å². The van der Waals surface area contributed by atoms with Crippen molar-refractivity contribution in [3.63, 3.8) is 0 Å². The number of hydrazine groups is 1. The molecule has 0 aliphatic carbocycles. The summed E-state index contributed by atoms with van der Waals surface area (Å²) in [6.07, 6.45) is 1.21. The SMILES string of the molecule is Cc1[nH]c(C(=O)NNC(=O)c2ccccn2)c(C)c1C(=O)OC(C)C. The van der Waals surface area contributed by atoms with Crippen molar-refractivity contribution in [1.29, 1.82) is 0 Å². The number of rotatable bonds is 4. The normalized spacial score (nSPS) is 10.4. The molecule has 0 unspecified atom stereocenters. The molecular weight excluding hydrogens is 324 g/mol. The number of hydrogen-bond donors (Lipinski definition) is 3. The van der Waals surface area contributed by atoms with Crippen molar-refractivity contribution in [2.45, 2.75) is 33.8 Å². The maximum absolute atomic E-state index is 12.3. The minimum Gasteiger partial charge on any atom is -0.459 e. The molecule has 0 saturated carbocycles. The van der Waals surface area contributed by atoms with Crippen molar-refractivity contribution in [3.8, 4) is 0 Å². The molecule has 2 aromatic rings. The molecule has 0 aromatic carbocycles. The topological polar surface area (TPSA) is 113 Å². The van der Waals surface area contributed by atoms with Crippen LogP contribution in [0.2, 0.25) is 0 Å². The average Bonchev–Trinajstić information content (AvgIpc) is 2.87. The minimum absolute atomic E-state index is 0.170. The molecule has 0 radical (unpaired) electrons. The predicted octanol–water partition coefficient (Wildman–Crippen LogP) is 1.67. The van der Waals surface area contributed by atoms with Crippen molar-refractivity contribution in [2.24, 2.45) is 0 Å². The van der Waals surface area contributed by atoms with Crippen LogP contribution in [-0.2, 0) is 4.74 Å². The summed E-state index contributed by atoms with van der Waals surface area (Å²) in [5, 5.41) is 0. The number of esters is 1. The quantitative estimate of drug-likeness (QED) is 0.577. The summed E-state index contributed by atoms with van der Waals surface area (Å²) >= 11 is 0. The molecule has 0 aliphatic heterocycles. The first-order chi connectivity index (χ1) is 11.8. The summed E-state index contributed by atoms with van der Waals surface area (Å²) in [7, 11) is 0. The molecule has 0 fully saturated rings. The molecule has 8 heteroatoms. The van der Waals surface area contributed by atoms with Crippen LogP contribution in [0.4, 0.5) is 0 Å². The van der Waals surface area contributed by atoms with E-state index >= 15 is 0 Å². The molecule has 25 heavy (non-hydrogen) atoms. The van der Waals surface area contributed by atoms with E-state index in [1.54, 1.807) is 39.8 Å². The second-order valence-electron chi connectivity index (χ2n) is 5.70. The van der Waals surface area contributed by atoms with Crippen LogP contribution in [-0.4, -0.2) is 33.9 Å². The van der Waals surface area contributed by atoms with Crippen LogP contribution in [0.15, 0.2) is 24.4 Å². The van der Waals surface area contributed by atoms with E-state index in [9.17, 15) is 14.4 Å². The van der Waals surface area contributed by atoms with Gasteiger partial charge in [-0.05, 0) is 45.4 Å². The number of nitrogens with zero attached hydrogens (tertiary/aromatic N) is 1. The van der Waals surface area contributed by atoms with Gasteiger partial charge in [0.1, 0.15) is 11.4 Å². The Balaban J connectivity index is 2.10. The summed E-state index contributed by atoms with van der Waals surface area (Å²) in [4.78, 5) is 43.0. The van der Waals surface area contributed by atoms with Crippen molar-refractivity contribution in [1.82, 2.24) is 20.8 Å². The van der Waals surface area contributed by atoms with Gasteiger partial charge in [0, 0.05) is 11.9 Å². The minimum atomic E-state index is -0.575. The standard InChI is InChI=1S/C17H20N4O4/c1-9(2)25-17(24)13-10(3)14(19-11(13)4)16(23)21-20-15(22)12-7-5-6-8-18-12/h5-9,19H,1-4H3,(H,20,22)(H,21,23). The van der Waals surface area contributed by atoms with Gasteiger partial charge < -0.3 is 9.72 Å². The van der Waals surface area contributed by atoms with E-state index < -0.39 is 17.8 Å². The number of carbonyl (C=O) groups is 3. The highest BCUT2D eigenvalue weighted by Gasteiger charge is 2.24. The number of hydrogen-bond acceptors (Lipinski definition) is 5. The lowest BCUT2D eigenvalue weighted by atomic mass is 10.1. The van der Waals surface area contributed by atoms with E-state index in [2.05, 4.69) is 20.8 Å². The number of aromatic nitrogens is 2. The van der Waals surface area contributed by atoms with Crippen molar-refractivity contribution < 1.29 is 19.1 Å². The summed E-state index contributed by atoms with van der Waals surface area (Å²) in [6.45, 7) is 6.80. The molecule has 2 heterocycles. The Kier molecular flexibility index (Phi) is 5.53. The number of pyridine rings is 1. The number of nitrogens with one attached hydrogen (secondary N) is 3. The first-order valence-electron chi connectivity index (χ1n) is 7.73. The zero-order valence-corrected chi connectivity index (χ0v) is 14.5. The molecule has 0 spiro atoms. The van der Waals surface area contributed by atoms with Crippen LogP contribution in [0, 0.1) is 13.8 Å². The van der Waals surface area contributed by atoms with Gasteiger partial charge in [-0.25, -0.2) is 4.79 Å². The highest BCUT2D eigenvalue weighted by atomic mass is 16.5. The third kappa shape index (κ3) is 4.23. The largest absolute Gasteiger partial charge is 0.459 e. The van der Waals surface area contributed by atoms with Gasteiger partial charge in [-0.15, -0.1) is 0 Å². The van der Waals surface area contributed by atoms with E-state index in [0.717, 1.165) is 0 Å². The van der Waals surface area contributed by atoms with Crippen LogP contribution in [0.1, 0.15) is 56.4 Å². The monoisotopic (exact) mass is 344 g/mol. The highest BCUT2D eigenvalue weighted by Crippen LogP contribution is 2.19. The number of aryl methyl sites for hydroxylation is 1. The van der Waals surface area contributed by atoms with Gasteiger partial charge in [0.05, 0.1) is 11.7 Å². The zero-order valence-electron chi connectivity index (χ0n) is 14.5. The van der Waals surface area contributed by atoms with E-state index in [1.807, 2.05) is 0 Å². The fourth-order valence-electron chi connectivity index (χ4n) is 2.29. The Bertz CT molecular complexity index is 796. The number of H-pyrrole nitrogens is 1. The second-order valence-corrected chi connectivity index (χ2v) is 5.70. The molecule has 0 saturated heterocycles. The molecule has 0 aliphatic rings. The summed E-state index contributed by atoms with van der Waals surface area (Å²) in [5.41, 5.74) is 6.20. The van der Waals surface area contributed by atoms with Gasteiger partial charge in [-0.1, -0.05) is 6.07 Å². The fraction of sp³-hybridized carbons (Fsp3) is 0.294. The van der Waals surface area contributed by atoms with E-state index in [4.69, 9.17) is 4.74 Å². The average molecular weight is 344 g/mol. The van der Waals surface area contributed by atoms with E-state index in [1.165, 1.54) is 12.3 Å². The highest BCUT2D eigenvalue weighted by molar-refractivity contribution is 6.02. The van der Waals surface area contributed by atoms with Crippen LogP contribution in [0.3, 0.4) is 0 Å². The first-order valence-corrected chi connectivity index (χ1v) is 7.73. The lowest BCUT2D eigenvalue weighted by molar-refractivity contribution is 0.0376. The van der Waals surface area contributed by atoms with Crippen molar-refractivity contribution in [2.75, 3.05) is 0 Å². The van der Waals surface area contributed by atoms with Gasteiger partial charge in [0.25, 0.3) is 11.8 Å². The molecular formula is C17H20N4O4. The maximum Gasteiger partial charge on any atom is 0.340 e. The van der Waals surface area contributed by atoms with Gasteiger partial charge in [-0.3, -0.25) is 25.4 Å². The molecule has 0 atom stereocenters. The van der Waals surface area contributed by atoms with E-state index in [-0.39, 0.29) is 17.5 Å². The smallest absolute Gasteiger partial charge is 0.340 e. The first kappa shape index (κ1) is 18.2. The molecule has 132 valence electrons. The molecule has 2 amide bonds. The fourth-order valence-corrected chi connectivity index (χ4v) is 2.29. The van der Waals surface area contributed by atoms with Crippen LogP contribution < -0.4 is 10.9 Å². The Hall–Kier alpha value is -3.16. The summed E-state index contributed by atoms with van der Waals surface area (Å²) in [5.74, 6) is -1.62. The Morgan fingerprint density at radius 2 is 1.80 bits per heavy atom. The van der Waals surface area contributed by atoms with Crippen molar-refractivity contribution >= 4 is 17.8 Å². The van der Waals surface area contributed by atoms with Crippen LogP contribution in [0.5, 0.6) is 0 Å². The lowest BCUT2D eigenvalue weighted by Gasteiger charge is -2.08. The van der Waals surface area contributed by atoms with Gasteiger partial charge in [-0.2, -0.15) is 0 Å². The maximum atomic E-state index is 12.3. The third-order valence-corrected chi connectivity index (χ3v) is 3.40. The molecule has 0 bridgehead atoms. The zero-order chi connectivity index (χ0) is 18.6. The van der Waals surface area contributed by atoms with Crippen molar-refractivity contribution in [3.05, 3.63) is 52.6 Å². The molecule has 8 nitrogen and oxygen atoms in total. The van der Waals surface area contributed by atoms with Crippen LogP contribution in [0.25, 0.3) is 0 Å². The number of carbonyl (C=O) groups excluding carboxylic acids is 3. The van der Waals surface area contributed by atoms with Gasteiger partial charge in [0.2, 0.25) is 0 Å². The summed E-state index contributed by atoms with van der Waals surface area (Å²) < 4.78 is 5.18. The number of amides is 2. The predicted molar refractivity (Wildman–Crippen MR) is 90.0 cm³/mol. The van der Waals surface area contributed by atoms with Gasteiger partial charge >= 0.3 is 5.97 Å². The summed E-state index contributed by atoms with van der Waals surface area (Å²) in [6, 6.07) is 4.86. The van der Waals surface area contributed by atoms with E-state index in [0.29, 0.717) is 16.8 Å². The second kappa shape index (κ2) is 7.61. The molecule has 3 N–H and O–H groups in total. The van der Waals surface area contributed by atoms with Crippen LogP contribution >= 0.6 is 0 Å². The Morgan fingerprint density at radius 3 is 2.40 bits per heavy atom. The Labute approximate surface area is 145 Å². The lowest BCUT2D eigenvalue weighted by Crippen LogP contribution is -2.42. The molecule has 2 aromatic heterocycles. The number of ether oxygens (including phenoxy) is 1. The Morgan fingerprint density at radius 1 is 1.12 bits per heavy atom.